The van der Waals surface area contributed by atoms with Crippen molar-refractivity contribution in [2.75, 3.05) is 11.1 Å². The summed E-state index contributed by atoms with van der Waals surface area (Å²) in [6, 6.07) is 4.26. The van der Waals surface area contributed by atoms with E-state index >= 15 is 0 Å². The molecule has 0 atom stereocenters. The number of nitrogens with zero attached hydrogens (tertiary/aromatic N) is 2. The molecule has 8 heteroatoms. The maximum atomic E-state index is 12.1. The summed E-state index contributed by atoms with van der Waals surface area (Å²) in [6.07, 6.45) is 0. The van der Waals surface area contributed by atoms with E-state index in [4.69, 9.17) is 5.73 Å². The zero-order valence-electron chi connectivity index (χ0n) is 10.8. The van der Waals surface area contributed by atoms with E-state index in [1.165, 1.54) is 18.2 Å². The Balaban J connectivity index is 2.24. The van der Waals surface area contributed by atoms with Crippen LogP contribution < -0.4 is 11.1 Å². The molecule has 7 nitrogen and oxygen atoms in total. The van der Waals surface area contributed by atoms with Crippen molar-refractivity contribution in [3.63, 3.8) is 0 Å². The summed E-state index contributed by atoms with van der Waals surface area (Å²) >= 11 is 1.10. The maximum absolute atomic E-state index is 12.1. The largest absolute Gasteiger partial charge is 0.375 e. The molecule has 0 bridgehead atoms. The fourth-order valence-electron chi connectivity index (χ4n) is 1.71. The molecule has 3 N–H and O–H groups in total. The van der Waals surface area contributed by atoms with E-state index in [-0.39, 0.29) is 11.6 Å². The Bertz CT molecular complexity index is 696. The quantitative estimate of drug-likeness (QED) is 0.667. The van der Waals surface area contributed by atoms with Gasteiger partial charge in [0, 0.05) is 17.8 Å². The Morgan fingerprint density at radius 2 is 2.15 bits per heavy atom. The summed E-state index contributed by atoms with van der Waals surface area (Å²) in [7, 11) is 0. The van der Waals surface area contributed by atoms with Crippen LogP contribution in [0.2, 0.25) is 0 Å². The zero-order chi connectivity index (χ0) is 14.9. The Morgan fingerprint density at radius 3 is 2.65 bits per heavy atom. The molecule has 0 radical (unpaired) electrons. The molecule has 0 aliphatic rings. The van der Waals surface area contributed by atoms with Gasteiger partial charge < -0.3 is 11.1 Å². The number of anilines is 2. The van der Waals surface area contributed by atoms with Gasteiger partial charge in [0.2, 0.25) is 0 Å². The van der Waals surface area contributed by atoms with E-state index in [1.54, 1.807) is 13.8 Å². The predicted octanol–water partition coefficient (Wildman–Crippen LogP) is 2.50. The summed E-state index contributed by atoms with van der Waals surface area (Å²) in [5.74, 6) is -0.325. The first-order valence-electron chi connectivity index (χ1n) is 5.68. The average Bonchev–Trinajstić information content (AvgIpc) is 2.70. The summed E-state index contributed by atoms with van der Waals surface area (Å²) in [4.78, 5) is 26.7. The molecule has 0 fully saturated rings. The second-order valence-corrected chi connectivity index (χ2v) is 5.21. The van der Waals surface area contributed by atoms with Crippen LogP contribution in [0.25, 0.3) is 0 Å². The van der Waals surface area contributed by atoms with Gasteiger partial charge in [0.15, 0.2) is 5.13 Å². The number of nitrogens with two attached hydrogens (primary N) is 1. The minimum atomic E-state index is -0.480. The average molecular weight is 292 g/mol. The zero-order valence-corrected chi connectivity index (χ0v) is 11.7. The van der Waals surface area contributed by atoms with Crippen molar-refractivity contribution in [3.8, 4) is 0 Å². The van der Waals surface area contributed by atoms with Crippen molar-refractivity contribution in [1.29, 1.82) is 0 Å². The van der Waals surface area contributed by atoms with Crippen molar-refractivity contribution in [2.45, 2.75) is 13.8 Å². The predicted molar refractivity (Wildman–Crippen MR) is 77.1 cm³/mol. The molecular weight excluding hydrogens is 280 g/mol. The van der Waals surface area contributed by atoms with E-state index in [0.29, 0.717) is 27.0 Å². The molecule has 0 spiro atoms. The number of nitro groups is 1. The van der Waals surface area contributed by atoms with Crippen LogP contribution in [-0.2, 0) is 0 Å². The summed E-state index contributed by atoms with van der Waals surface area (Å²) in [6.45, 7) is 3.39. The molecule has 1 heterocycles. The molecule has 1 aromatic carbocycles. The van der Waals surface area contributed by atoms with Crippen LogP contribution in [0.4, 0.5) is 16.5 Å². The first-order chi connectivity index (χ1) is 9.38. The molecule has 0 aliphatic carbocycles. The number of nitrogen functional groups attached to an aromatic ring is 1. The van der Waals surface area contributed by atoms with Crippen molar-refractivity contribution in [1.82, 2.24) is 4.98 Å². The number of aryl methyl sites for hydroxylation is 2. The SMILES string of the molecule is Cc1cc([N+](=O)[O-])ccc1NC(=O)c1sc(N)nc1C. The van der Waals surface area contributed by atoms with Crippen LogP contribution in [0, 0.1) is 24.0 Å². The Kier molecular flexibility index (Phi) is 3.66. The molecule has 2 rings (SSSR count). The second kappa shape index (κ2) is 5.25. The lowest BCUT2D eigenvalue weighted by atomic mass is 10.1. The normalized spacial score (nSPS) is 10.3. The lowest BCUT2D eigenvalue weighted by Crippen LogP contribution is -2.12. The van der Waals surface area contributed by atoms with Crippen LogP contribution in [0.1, 0.15) is 20.9 Å². The molecule has 0 saturated carbocycles. The Labute approximate surface area is 118 Å². The third-order valence-corrected chi connectivity index (χ3v) is 3.67. The van der Waals surface area contributed by atoms with Gasteiger partial charge >= 0.3 is 0 Å². The summed E-state index contributed by atoms with van der Waals surface area (Å²) in [5.41, 5.74) is 7.22. The molecule has 0 aliphatic heterocycles. The Hall–Kier alpha value is -2.48. The highest BCUT2D eigenvalue weighted by Gasteiger charge is 2.16. The van der Waals surface area contributed by atoms with Gasteiger partial charge in [-0.15, -0.1) is 0 Å². The number of nitro benzene ring substituents is 1. The highest BCUT2D eigenvalue weighted by atomic mass is 32.1. The number of aromatic nitrogens is 1. The smallest absolute Gasteiger partial charge is 0.269 e. The molecule has 1 aromatic heterocycles. The van der Waals surface area contributed by atoms with E-state index in [2.05, 4.69) is 10.3 Å². The number of benzene rings is 1. The molecule has 1 amide bonds. The number of non-ortho nitro benzene ring substituents is 1. The van der Waals surface area contributed by atoms with Crippen molar-refractivity contribution < 1.29 is 9.72 Å². The number of thiazole rings is 1. The fraction of sp³-hybridized carbons (Fsp3) is 0.167. The highest BCUT2D eigenvalue weighted by Crippen LogP contribution is 2.24. The van der Waals surface area contributed by atoms with E-state index < -0.39 is 4.92 Å². The molecule has 0 unspecified atom stereocenters. The molecule has 0 saturated heterocycles. The van der Waals surface area contributed by atoms with Gasteiger partial charge in [0.25, 0.3) is 11.6 Å². The van der Waals surface area contributed by atoms with Crippen molar-refractivity contribution in [2.24, 2.45) is 0 Å². The van der Waals surface area contributed by atoms with E-state index in [1.807, 2.05) is 0 Å². The van der Waals surface area contributed by atoms with E-state index in [0.717, 1.165) is 11.3 Å². The standard InChI is InChI=1S/C12H12N4O3S/c1-6-5-8(16(18)19)3-4-9(6)15-11(17)10-7(2)14-12(13)20-10/h3-5H,1-2H3,(H2,13,14)(H,15,17). The lowest BCUT2D eigenvalue weighted by molar-refractivity contribution is -0.384. The highest BCUT2D eigenvalue weighted by molar-refractivity contribution is 7.17. The van der Waals surface area contributed by atoms with Crippen LogP contribution in [0.3, 0.4) is 0 Å². The monoisotopic (exact) mass is 292 g/mol. The maximum Gasteiger partial charge on any atom is 0.269 e. The van der Waals surface area contributed by atoms with Gasteiger partial charge in [0.05, 0.1) is 10.6 Å². The second-order valence-electron chi connectivity index (χ2n) is 4.18. The first-order valence-corrected chi connectivity index (χ1v) is 6.49. The Morgan fingerprint density at radius 1 is 1.45 bits per heavy atom. The number of hydrogen-bond donors (Lipinski definition) is 2. The molecule has 104 valence electrons. The third-order valence-electron chi connectivity index (χ3n) is 2.69. The number of amides is 1. The van der Waals surface area contributed by atoms with Crippen LogP contribution in [-0.4, -0.2) is 15.8 Å². The van der Waals surface area contributed by atoms with Crippen molar-refractivity contribution in [3.05, 3.63) is 44.4 Å². The summed E-state index contributed by atoms with van der Waals surface area (Å²) < 4.78 is 0. The van der Waals surface area contributed by atoms with Gasteiger partial charge in [-0.25, -0.2) is 4.98 Å². The number of hydrogen-bond acceptors (Lipinski definition) is 6. The van der Waals surface area contributed by atoms with Crippen molar-refractivity contribution >= 4 is 33.8 Å². The number of nitrogens with one attached hydrogen (secondary N) is 1. The number of carbonyl (C=O) groups is 1. The molecule has 20 heavy (non-hydrogen) atoms. The van der Waals surface area contributed by atoms with Crippen LogP contribution >= 0.6 is 11.3 Å². The number of carbonyl (C=O) groups excluding carboxylic acids is 1. The first kappa shape index (κ1) is 13.9. The van der Waals surface area contributed by atoms with Gasteiger partial charge in [-0.05, 0) is 25.5 Å². The van der Waals surface area contributed by atoms with Gasteiger partial charge in [0.1, 0.15) is 4.88 Å². The fourth-order valence-corrected chi connectivity index (χ4v) is 2.44. The minimum Gasteiger partial charge on any atom is -0.375 e. The number of rotatable bonds is 3. The topological polar surface area (TPSA) is 111 Å². The van der Waals surface area contributed by atoms with Crippen LogP contribution in [0.5, 0.6) is 0 Å². The summed E-state index contributed by atoms with van der Waals surface area (Å²) in [5, 5.41) is 13.7. The van der Waals surface area contributed by atoms with Gasteiger partial charge in [-0.1, -0.05) is 11.3 Å². The van der Waals surface area contributed by atoms with Gasteiger partial charge in [-0.2, -0.15) is 0 Å². The minimum absolute atomic E-state index is 0.0151. The van der Waals surface area contributed by atoms with Gasteiger partial charge in [-0.3, -0.25) is 14.9 Å². The van der Waals surface area contributed by atoms with E-state index in [9.17, 15) is 14.9 Å². The molecular formula is C12H12N4O3S. The lowest BCUT2D eigenvalue weighted by Gasteiger charge is -2.07. The molecule has 2 aromatic rings. The van der Waals surface area contributed by atoms with Crippen LogP contribution in [0.15, 0.2) is 18.2 Å². The third kappa shape index (κ3) is 2.75.